The van der Waals surface area contributed by atoms with Crippen molar-refractivity contribution in [2.75, 3.05) is 19.8 Å². The van der Waals surface area contributed by atoms with Gasteiger partial charge >= 0.3 is 0 Å². The number of halogens is 4. The molecule has 0 aliphatic heterocycles. The van der Waals surface area contributed by atoms with Gasteiger partial charge in [-0.05, 0) is 45.6 Å². The Balaban J connectivity index is 2.30. The average Bonchev–Trinajstić information content (AvgIpc) is 2.54. The Morgan fingerprint density at radius 3 is 2.15 bits per heavy atom. The first-order chi connectivity index (χ1) is 12.4. The highest BCUT2D eigenvalue weighted by Crippen LogP contribution is 2.37. The molecule has 8 heteroatoms. The van der Waals surface area contributed by atoms with Gasteiger partial charge in [-0.3, -0.25) is 0 Å². The maximum Gasteiger partial charge on any atom is 0.156 e. The molecule has 0 N–H and O–H groups in total. The van der Waals surface area contributed by atoms with Crippen molar-refractivity contribution in [3.8, 4) is 11.5 Å². The standard InChI is InChI=1S/C18H23Cl4NO3/c1-13(2)23-26-9-6-4-3-5-8-25-18-15(19)11-14(12-16(18)20)24-10-7-17(21)22/h7,11-12H,3-6,8-10H2,1-2H3. The topological polar surface area (TPSA) is 40.0 Å². The van der Waals surface area contributed by atoms with Crippen LogP contribution < -0.4 is 9.47 Å². The molecule has 0 fully saturated rings. The van der Waals surface area contributed by atoms with Crippen LogP contribution in [0.15, 0.2) is 27.9 Å². The zero-order valence-corrected chi connectivity index (χ0v) is 17.9. The summed E-state index contributed by atoms with van der Waals surface area (Å²) < 4.78 is 11.3. The van der Waals surface area contributed by atoms with E-state index in [1.165, 1.54) is 6.08 Å². The quantitative estimate of drug-likeness (QED) is 0.198. The van der Waals surface area contributed by atoms with Gasteiger partial charge in [0, 0.05) is 12.1 Å². The Morgan fingerprint density at radius 2 is 1.58 bits per heavy atom. The maximum absolute atomic E-state index is 6.21. The Kier molecular flexibility index (Phi) is 11.9. The van der Waals surface area contributed by atoms with Crippen molar-refractivity contribution in [1.82, 2.24) is 0 Å². The number of rotatable bonds is 12. The Morgan fingerprint density at radius 1 is 0.962 bits per heavy atom. The first-order valence-electron chi connectivity index (χ1n) is 8.29. The second kappa shape index (κ2) is 13.4. The lowest BCUT2D eigenvalue weighted by Crippen LogP contribution is -2.00. The summed E-state index contributed by atoms with van der Waals surface area (Å²) in [5.41, 5.74) is 0.919. The Hall–Kier alpha value is -0.810. The summed E-state index contributed by atoms with van der Waals surface area (Å²) in [6.07, 6.45) is 5.47. The number of hydrogen-bond acceptors (Lipinski definition) is 4. The van der Waals surface area contributed by atoms with Gasteiger partial charge in [-0.1, -0.05) is 51.6 Å². The predicted molar refractivity (Wildman–Crippen MR) is 110 cm³/mol. The van der Waals surface area contributed by atoms with Crippen LogP contribution in [0.5, 0.6) is 11.5 Å². The first-order valence-corrected chi connectivity index (χ1v) is 9.80. The molecule has 4 nitrogen and oxygen atoms in total. The average molecular weight is 443 g/mol. The minimum atomic E-state index is 0.141. The van der Waals surface area contributed by atoms with Crippen LogP contribution >= 0.6 is 46.4 Å². The lowest BCUT2D eigenvalue weighted by atomic mass is 10.2. The fraction of sp³-hybridized carbons (Fsp3) is 0.500. The summed E-state index contributed by atoms with van der Waals surface area (Å²) in [5.74, 6) is 0.978. The highest BCUT2D eigenvalue weighted by atomic mass is 35.5. The normalized spacial score (nSPS) is 10.2. The summed E-state index contributed by atoms with van der Waals surface area (Å²) in [7, 11) is 0. The van der Waals surface area contributed by atoms with E-state index < -0.39 is 0 Å². The van der Waals surface area contributed by atoms with Crippen molar-refractivity contribution < 1.29 is 14.3 Å². The molecule has 0 amide bonds. The number of benzene rings is 1. The van der Waals surface area contributed by atoms with Crippen molar-refractivity contribution in [3.63, 3.8) is 0 Å². The molecule has 0 saturated heterocycles. The summed E-state index contributed by atoms with van der Waals surface area (Å²) in [6, 6.07) is 3.29. The second-order valence-corrected chi connectivity index (χ2v) is 7.48. The number of nitrogens with zero attached hydrogens (tertiary/aromatic N) is 1. The molecule has 0 spiro atoms. The van der Waals surface area contributed by atoms with Gasteiger partial charge in [-0.25, -0.2) is 0 Å². The third-order valence-corrected chi connectivity index (χ3v) is 3.95. The predicted octanol–water partition coefficient (Wildman–Crippen LogP) is 7.04. The molecule has 0 aliphatic rings. The largest absolute Gasteiger partial charge is 0.490 e. The first kappa shape index (κ1) is 23.2. The highest BCUT2D eigenvalue weighted by Gasteiger charge is 2.10. The van der Waals surface area contributed by atoms with Gasteiger partial charge in [-0.15, -0.1) is 0 Å². The Labute approximate surface area is 175 Å². The van der Waals surface area contributed by atoms with E-state index in [9.17, 15) is 0 Å². The van der Waals surface area contributed by atoms with Gasteiger partial charge in [0.15, 0.2) is 5.75 Å². The van der Waals surface area contributed by atoms with E-state index in [0.717, 1.165) is 31.4 Å². The van der Waals surface area contributed by atoms with E-state index in [1.54, 1.807) is 12.1 Å². The van der Waals surface area contributed by atoms with Gasteiger partial charge < -0.3 is 14.3 Å². The van der Waals surface area contributed by atoms with Gasteiger partial charge in [0.25, 0.3) is 0 Å². The van der Waals surface area contributed by atoms with Crippen molar-refractivity contribution in [2.24, 2.45) is 5.16 Å². The monoisotopic (exact) mass is 441 g/mol. The molecular weight excluding hydrogens is 420 g/mol. The van der Waals surface area contributed by atoms with Crippen LogP contribution in [0.4, 0.5) is 0 Å². The molecule has 0 bridgehead atoms. The number of hydrogen-bond donors (Lipinski definition) is 0. The number of ether oxygens (including phenoxy) is 2. The summed E-state index contributed by atoms with van der Waals surface area (Å²) in [6.45, 7) is 5.20. The smallest absolute Gasteiger partial charge is 0.156 e. The van der Waals surface area contributed by atoms with Crippen LogP contribution in [-0.2, 0) is 4.84 Å². The van der Waals surface area contributed by atoms with Crippen molar-refractivity contribution in [1.29, 1.82) is 0 Å². The highest BCUT2D eigenvalue weighted by molar-refractivity contribution is 6.55. The molecule has 0 unspecified atom stereocenters. The molecule has 0 atom stereocenters. The fourth-order valence-electron chi connectivity index (χ4n) is 1.93. The van der Waals surface area contributed by atoms with Crippen molar-refractivity contribution in [2.45, 2.75) is 39.5 Å². The molecule has 0 heterocycles. The molecule has 0 radical (unpaired) electrons. The van der Waals surface area contributed by atoms with Crippen LogP contribution in [0.25, 0.3) is 0 Å². The van der Waals surface area contributed by atoms with Gasteiger partial charge in [0.05, 0.1) is 22.4 Å². The zero-order chi connectivity index (χ0) is 19.4. The molecular formula is C18H23Cl4NO3. The van der Waals surface area contributed by atoms with E-state index >= 15 is 0 Å². The fourth-order valence-corrected chi connectivity index (χ4v) is 2.63. The molecule has 0 saturated carbocycles. The molecule has 1 rings (SSSR count). The van der Waals surface area contributed by atoms with E-state index in [1.807, 2.05) is 13.8 Å². The van der Waals surface area contributed by atoms with E-state index in [4.69, 9.17) is 60.7 Å². The zero-order valence-electron chi connectivity index (χ0n) is 14.9. The van der Waals surface area contributed by atoms with Gasteiger partial charge in [0.2, 0.25) is 0 Å². The Bertz CT molecular complexity index is 589. The molecule has 0 aliphatic carbocycles. The van der Waals surface area contributed by atoms with E-state index in [-0.39, 0.29) is 11.1 Å². The summed E-state index contributed by atoms with van der Waals surface area (Å²) >= 11 is 23.5. The maximum atomic E-state index is 6.21. The lowest BCUT2D eigenvalue weighted by Gasteiger charge is -2.12. The lowest BCUT2D eigenvalue weighted by molar-refractivity contribution is 0.139. The van der Waals surface area contributed by atoms with Crippen LogP contribution in [0.2, 0.25) is 10.0 Å². The summed E-state index contributed by atoms with van der Waals surface area (Å²) in [5, 5.41) is 4.68. The summed E-state index contributed by atoms with van der Waals surface area (Å²) in [4.78, 5) is 5.15. The van der Waals surface area contributed by atoms with Gasteiger partial charge in [-0.2, -0.15) is 0 Å². The minimum Gasteiger partial charge on any atom is -0.490 e. The van der Waals surface area contributed by atoms with Crippen molar-refractivity contribution in [3.05, 3.63) is 32.7 Å². The van der Waals surface area contributed by atoms with Gasteiger partial charge in [0.1, 0.15) is 23.5 Å². The number of oxime groups is 1. The van der Waals surface area contributed by atoms with E-state index in [2.05, 4.69) is 5.16 Å². The third kappa shape index (κ3) is 10.4. The molecule has 146 valence electrons. The number of unbranched alkanes of at least 4 members (excludes halogenated alkanes) is 3. The molecule has 0 aromatic heterocycles. The van der Waals surface area contributed by atoms with Crippen LogP contribution in [0.3, 0.4) is 0 Å². The van der Waals surface area contributed by atoms with Crippen LogP contribution in [0.1, 0.15) is 39.5 Å². The van der Waals surface area contributed by atoms with Crippen LogP contribution in [0, 0.1) is 0 Å². The third-order valence-electron chi connectivity index (χ3n) is 3.08. The van der Waals surface area contributed by atoms with Crippen molar-refractivity contribution >= 4 is 52.1 Å². The minimum absolute atomic E-state index is 0.141. The molecule has 1 aromatic carbocycles. The molecule has 1 aromatic rings. The van der Waals surface area contributed by atoms with E-state index in [0.29, 0.717) is 34.8 Å². The SMILES string of the molecule is CC(C)=NOCCCCCCOc1c(Cl)cc(OCC=C(Cl)Cl)cc1Cl. The van der Waals surface area contributed by atoms with Crippen LogP contribution in [-0.4, -0.2) is 25.5 Å². The second-order valence-electron chi connectivity index (χ2n) is 5.66. The molecule has 26 heavy (non-hydrogen) atoms.